The van der Waals surface area contributed by atoms with Gasteiger partial charge in [-0.3, -0.25) is 30.2 Å². The van der Waals surface area contributed by atoms with Crippen LogP contribution in [0, 0.1) is 0 Å². The van der Waals surface area contributed by atoms with Gasteiger partial charge in [0.2, 0.25) is 0 Å². The molecular weight excluding hydrogens is 406 g/mol. The largest absolute Gasteiger partial charge is 0.465 e. The summed E-state index contributed by atoms with van der Waals surface area (Å²) in [4.78, 5) is 57.1. The minimum atomic E-state index is -1.17. The number of carboxylic acid groups (broad SMARTS) is 1. The number of benzene rings is 1. The summed E-state index contributed by atoms with van der Waals surface area (Å²) in [6, 6.07) is 7.43. The van der Waals surface area contributed by atoms with Gasteiger partial charge in [0.1, 0.15) is 18.7 Å². The number of hydrogen-bond donors (Lipinski definition) is 3. The molecule has 3 N–H and O–H groups in total. The number of piperidine rings is 1. The molecule has 1 unspecified atom stereocenters. The van der Waals surface area contributed by atoms with Crippen LogP contribution in [0.4, 0.5) is 9.59 Å². The zero-order chi connectivity index (χ0) is 22.0. The molecule has 0 saturated carbocycles. The average molecular weight is 431 g/mol. The highest BCUT2D eigenvalue weighted by atomic mass is 16.7. The molecule has 31 heavy (non-hydrogen) atoms. The SMILES string of the molecule is O=C(NNC(=O)[C@@H]1CC[C@@H]2CN1C(=O)N2OCc1ccccc1)C1CCCN1C(=O)O. The molecule has 3 aliphatic rings. The predicted molar refractivity (Wildman–Crippen MR) is 106 cm³/mol. The maximum Gasteiger partial charge on any atom is 0.407 e. The van der Waals surface area contributed by atoms with Gasteiger partial charge in [-0.15, -0.1) is 0 Å². The molecule has 3 fully saturated rings. The van der Waals surface area contributed by atoms with Crippen molar-refractivity contribution in [3.63, 3.8) is 0 Å². The van der Waals surface area contributed by atoms with E-state index in [1.54, 1.807) is 0 Å². The third-order valence-corrected chi connectivity index (χ3v) is 5.95. The summed E-state index contributed by atoms with van der Waals surface area (Å²) in [5, 5.41) is 10.5. The van der Waals surface area contributed by atoms with Crippen LogP contribution in [-0.2, 0) is 21.0 Å². The van der Waals surface area contributed by atoms with Gasteiger partial charge in [0, 0.05) is 13.1 Å². The molecule has 3 atom stereocenters. The van der Waals surface area contributed by atoms with Crippen molar-refractivity contribution in [2.24, 2.45) is 0 Å². The monoisotopic (exact) mass is 431 g/mol. The number of nitrogens with zero attached hydrogens (tertiary/aromatic N) is 3. The molecule has 3 heterocycles. The summed E-state index contributed by atoms with van der Waals surface area (Å²) in [6.07, 6.45) is 0.855. The number of urea groups is 1. The van der Waals surface area contributed by atoms with E-state index in [0.717, 1.165) is 10.5 Å². The van der Waals surface area contributed by atoms with Crippen LogP contribution in [0.15, 0.2) is 30.3 Å². The Bertz CT molecular complexity index is 865. The van der Waals surface area contributed by atoms with Crippen molar-refractivity contribution in [2.45, 2.75) is 50.4 Å². The summed E-state index contributed by atoms with van der Waals surface area (Å²) in [5.41, 5.74) is 5.60. The highest BCUT2D eigenvalue weighted by molar-refractivity contribution is 5.91. The molecule has 0 spiro atoms. The first kappa shape index (κ1) is 20.9. The maximum atomic E-state index is 12.8. The van der Waals surface area contributed by atoms with Gasteiger partial charge in [-0.2, -0.15) is 5.06 Å². The zero-order valence-corrected chi connectivity index (χ0v) is 16.9. The van der Waals surface area contributed by atoms with Gasteiger partial charge in [-0.25, -0.2) is 9.59 Å². The molecule has 1 aromatic carbocycles. The number of hydrogen-bond acceptors (Lipinski definition) is 5. The Morgan fingerprint density at radius 3 is 2.45 bits per heavy atom. The number of fused-ring (bicyclic) bond motifs is 2. The number of likely N-dealkylation sites (tertiary alicyclic amines) is 1. The lowest BCUT2D eigenvalue weighted by Crippen LogP contribution is -2.57. The quantitative estimate of drug-likeness (QED) is 0.588. The van der Waals surface area contributed by atoms with E-state index in [2.05, 4.69) is 10.9 Å². The number of amides is 5. The van der Waals surface area contributed by atoms with Crippen LogP contribution in [0.25, 0.3) is 0 Å². The van der Waals surface area contributed by atoms with Crippen LogP contribution < -0.4 is 10.9 Å². The van der Waals surface area contributed by atoms with E-state index >= 15 is 0 Å². The second-order valence-corrected chi connectivity index (χ2v) is 7.88. The maximum absolute atomic E-state index is 12.8. The average Bonchev–Trinajstić information content (AvgIpc) is 3.36. The third kappa shape index (κ3) is 4.26. The zero-order valence-electron chi connectivity index (χ0n) is 16.9. The third-order valence-electron chi connectivity index (χ3n) is 5.95. The van der Waals surface area contributed by atoms with Crippen molar-refractivity contribution in [2.75, 3.05) is 13.1 Å². The summed E-state index contributed by atoms with van der Waals surface area (Å²) in [7, 11) is 0. The minimum Gasteiger partial charge on any atom is -0.465 e. The molecule has 0 aliphatic carbocycles. The van der Waals surface area contributed by atoms with Crippen LogP contribution in [-0.4, -0.2) is 75.1 Å². The van der Waals surface area contributed by atoms with Gasteiger partial charge in [0.05, 0.1) is 6.04 Å². The minimum absolute atomic E-state index is 0.127. The van der Waals surface area contributed by atoms with Gasteiger partial charge < -0.3 is 10.0 Å². The lowest BCUT2D eigenvalue weighted by molar-refractivity contribution is -0.140. The first-order chi connectivity index (χ1) is 15.0. The number of nitrogens with one attached hydrogen (secondary N) is 2. The van der Waals surface area contributed by atoms with E-state index in [1.165, 1.54) is 9.96 Å². The Hall–Kier alpha value is -3.34. The summed E-state index contributed by atoms with van der Waals surface area (Å²) in [5.74, 6) is -1.09. The Labute approximate surface area is 178 Å². The summed E-state index contributed by atoms with van der Waals surface area (Å²) >= 11 is 0. The molecule has 5 amide bonds. The van der Waals surface area contributed by atoms with Crippen molar-refractivity contribution >= 4 is 23.9 Å². The number of carbonyl (C=O) groups excluding carboxylic acids is 3. The number of hydroxylamine groups is 2. The predicted octanol–water partition coefficient (Wildman–Crippen LogP) is 0.677. The number of carbonyl (C=O) groups is 4. The molecule has 11 nitrogen and oxygen atoms in total. The molecule has 1 aromatic rings. The molecular formula is C20H25N5O6. The summed E-state index contributed by atoms with van der Waals surface area (Å²) in [6.45, 7) is 0.910. The highest BCUT2D eigenvalue weighted by Gasteiger charge is 2.48. The fraction of sp³-hybridized carbons (Fsp3) is 0.500. The molecule has 2 bridgehead atoms. The molecule has 0 aromatic heterocycles. The van der Waals surface area contributed by atoms with Gasteiger partial charge in [0.15, 0.2) is 0 Å². The lowest BCUT2D eigenvalue weighted by Gasteiger charge is -2.29. The van der Waals surface area contributed by atoms with Crippen LogP contribution in [0.2, 0.25) is 0 Å². The van der Waals surface area contributed by atoms with Crippen molar-refractivity contribution in [1.29, 1.82) is 0 Å². The normalized spacial score (nSPS) is 25.0. The van der Waals surface area contributed by atoms with E-state index in [4.69, 9.17) is 9.94 Å². The first-order valence-corrected chi connectivity index (χ1v) is 10.3. The van der Waals surface area contributed by atoms with Crippen LogP contribution in [0.3, 0.4) is 0 Å². The van der Waals surface area contributed by atoms with Crippen molar-refractivity contribution < 1.29 is 29.1 Å². The van der Waals surface area contributed by atoms with E-state index in [1.807, 2.05) is 30.3 Å². The number of hydrazine groups is 1. The van der Waals surface area contributed by atoms with E-state index in [0.29, 0.717) is 32.2 Å². The fourth-order valence-electron chi connectivity index (χ4n) is 4.35. The molecule has 3 saturated heterocycles. The van der Waals surface area contributed by atoms with Gasteiger partial charge in [0.25, 0.3) is 11.8 Å². The molecule has 3 aliphatic heterocycles. The van der Waals surface area contributed by atoms with E-state index in [-0.39, 0.29) is 25.2 Å². The van der Waals surface area contributed by atoms with Crippen molar-refractivity contribution in [3.05, 3.63) is 35.9 Å². The Morgan fingerprint density at radius 2 is 1.74 bits per heavy atom. The summed E-state index contributed by atoms with van der Waals surface area (Å²) < 4.78 is 0. The fourth-order valence-corrected chi connectivity index (χ4v) is 4.35. The standard InChI is InChI=1S/C20H25N5O6/c26-17(15-7-4-10-23(15)20(29)30)21-22-18(27)16-9-8-14-11-24(16)19(28)25(14)31-12-13-5-2-1-3-6-13/h1-3,5-6,14-16H,4,7-12H2,(H,21,26)(H,22,27)(H,29,30)/t14-,15?,16+/m1/s1. The van der Waals surface area contributed by atoms with Crippen molar-refractivity contribution in [1.82, 2.24) is 25.7 Å². The van der Waals surface area contributed by atoms with Crippen molar-refractivity contribution in [3.8, 4) is 0 Å². The van der Waals surface area contributed by atoms with Gasteiger partial charge in [-0.05, 0) is 31.2 Å². The first-order valence-electron chi connectivity index (χ1n) is 10.3. The molecule has 166 valence electrons. The molecule has 0 radical (unpaired) electrons. The second-order valence-electron chi connectivity index (χ2n) is 7.88. The highest BCUT2D eigenvalue weighted by Crippen LogP contribution is 2.30. The van der Waals surface area contributed by atoms with Gasteiger partial charge in [-0.1, -0.05) is 30.3 Å². The van der Waals surface area contributed by atoms with Crippen LogP contribution in [0.5, 0.6) is 0 Å². The molecule has 4 rings (SSSR count). The molecule has 11 heteroatoms. The number of rotatable bonds is 5. The second kappa shape index (κ2) is 8.80. The Balaban J connectivity index is 1.30. The smallest absolute Gasteiger partial charge is 0.407 e. The lowest BCUT2D eigenvalue weighted by atomic mass is 10.0. The Kier molecular flexibility index (Phi) is 5.94. The van der Waals surface area contributed by atoms with E-state index < -0.39 is 30.0 Å². The Morgan fingerprint density at radius 1 is 1.03 bits per heavy atom. The van der Waals surface area contributed by atoms with Crippen LogP contribution in [0.1, 0.15) is 31.2 Å². The van der Waals surface area contributed by atoms with E-state index in [9.17, 15) is 19.2 Å². The van der Waals surface area contributed by atoms with Crippen LogP contribution >= 0.6 is 0 Å². The van der Waals surface area contributed by atoms with Gasteiger partial charge >= 0.3 is 12.1 Å². The topological polar surface area (TPSA) is 132 Å².